The number of rotatable bonds is 3. The summed E-state index contributed by atoms with van der Waals surface area (Å²) in [5, 5.41) is 0. The second kappa shape index (κ2) is 3.57. The second-order valence-corrected chi connectivity index (χ2v) is 7.69. The monoisotopic (exact) mass is 240 g/mol. The van der Waals surface area contributed by atoms with Crippen LogP contribution in [0.2, 0.25) is 0 Å². The third-order valence-corrected chi connectivity index (χ3v) is 6.09. The minimum atomic E-state index is -3.81. The van der Waals surface area contributed by atoms with Crippen LogP contribution in [0.15, 0.2) is 0 Å². The van der Waals surface area contributed by atoms with Crippen molar-refractivity contribution in [1.29, 1.82) is 0 Å². The Morgan fingerprint density at radius 2 is 1.82 bits per heavy atom. The molecule has 8 heteroatoms. The molecule has 0 N–H and O–H groups in total. The van der Waals surface area contributed by atoms with Gasteiger partial charge in [0.1, 0.15) is 0 Å². The van der Waals surface area contributed by atoms with E-state index in [9.17, 15) is 12.6 Å². The van der Waals surface area contributed by atoms with Gasteiger partial charge >= 0.3 is 3.00 Å². The zero-order valence-electron chi connectivity index (χ0n) is 5.71. The molecule has 1 atom stereocenters. The van der Waals surface area contributed by atoms with E-state index in [-0.39, 0.29) is 0 Å². The zero-order valence-corrected chi connectivity index (χ0v) is 8.85. The standard InChI is InChI=1S/C3H6Cl2O4S2/c1-9-10(6)3(4,5)11(2,7)8/h1-2H3. The first-order chi connectivity index (χ1) is 4.73. The van der Waals surface area contributed by atoms with Crippen molar-refractivity contribution in [2.45, 2.75) is 3.00 Å². The molecule has 0 aliphatic carbocycles. The predicted molar refractivity (Wildman–Crippen MR) is 44.4 cm³/mol. The summed E-state index contributed by atoms with van der Waals surface area (Å²) in [5.41, 5.74) is 0. The van der Waals surface area contributed by atoms with Crippen LogP contribution < -0.4 is 0 Å². The van der Waals surface area contributed by atoms with Crippen LogP contribution in [0, 0.1) is 0 Å². The summed E-state index contributed by atoms with van der Waals surface area (Å²) in [6.45, 7) is 0. The Morgan fingerprint density at radius 3 is 1.91 bits per heavy atom. The fourth-order valence-corrected chi connectivity index (χ4v) is 1.99. The first-order valence-corrected chi connectivity index (χ1v) is 5.99. The van der Waals surface area contributed by atoms with Crippen LogP contribution in [0.5, 0.6) is 0 Å². The highest BCUT2D eigenvalue weighted by Gasteiger charge is 2.44. The van der Waals surface area contributed by atoms with Crippen LogP contribution in [0.3, 0.4) is 0 Å². The molecular formula is C3H6Cl2O4S2. The van der Waals surface area contributed by atoms with Crippen molar-refractivity contribution in [2.24, 2.45) is 0 Å². The number of hydrogen-bond acceptors (Lipinski definition) is 4. The smallest absolute Gasteiger partial charge is 0.291 e. The van der Waals surface area contributed by atoms with Gasteiger partial charge in [0.15, 0.2) is 9.84 Å². The maximum atomic E-state index is 10.7. The lowest BCUT2D eigenvalue weighted by Gasteiger charge is -2.13. The number of sulfone groups is 1. The van der Waals surface area contributed by atoms with Crippen LogP contribution in [0.25, 0.3) is 0 Å². The summed E-state index contributed by atoms with van der Waals surface area (Å²) >= 11 is 8.17. The van der Waals surface area contributed by atoms with Crippen molar-refractivity contribution in [1.82, 2.24) is 0 Å². The maximum absolute atomic E-state index is 10.7. The lowest BCUT2D eigenvalue weighted by molar-refractivity contribution is 0.445. The molecule has 0 saturated carbocycles. The Labute approximate surface area is 77.4 Å². The second-order valence-electron chi connectivity index (χ2n) is 1.64. The molecule has 0 fully saturated rings. The van der Waals surface area contributed by atoms with Crippen molar-refractivity contribution in [3.05, 3.63) is 0 Å². The fourth-order valence-electron chi connectivity index (χ4n) is 0.221. The van der Waals surface area contributed by atoms with Gasteiger partial charge < -0.3 is 0 Å². The summed E-state index contributed by atoms with van der Waals surface area (Å²) in [5.74, 6) is 0. The fraction of sp³-hybridized carbons (Fsp3) is 1.00. The van der Waals surface area contributed by atoms with Crippen LogP contribution in [0.1, 0.15) is 0 Å². The Kier molecular flexibility index (Phi) is 3.78. The number of alkyl halides is 2. The van der Waals surface area contributed by atoms with E-state index in [1.807, 2.05) is 0 Å². The van der Waals surface area contributed by atoms with Gasteiger partial charge in [-0.25, -0.2) is 12.6 Å². The Bertz CT molecular complexity index is 257. The van der Waals surface area contributed by atoms with E-state index in [1.54, 1.807) is 0 Å². The predicted octanol–water partition coefficient (Wildman–Crippen LogP) is 0.430. The number of hydrogen-bond donors (Lipinski definition) is 0. The van der Waals surface area contributed by atoms with Crippen molar-refractivity contribution in [3.63, 3.8) is 0 Å². The van der Waals surface area contributed by atoms with Gasteiger partial charge in [-0.05, 0) is 0 Å². The van der Waals surface area contributed by atoms with Crippen molar-refractivity contribution < 1.29 is 16.8 Å². The number of halogens is 2. The van der Waals surface area contributed by atoms with E-state index in [4.69, 9.17) is 23.2 Å². The van der Waals surface area contributed by atoms with E-state index in [2.05, 4.69) is 4.18 Å². The van der Waals surface area contributed by atoms with E-state index in [0.29, 0.717) is 0 Å². The molecule has 0 aromatic rings. The third-order valence-electron chi connectivity index (χ3n) is 0.777. The van der Waals surface area contributed by atoms with E-state index in [0.717, 1.165) is 13.4 Å². The van der Waals surface area contributed by atoms with Gasteiger partial charge in [0, 0.05) is 6.26 Å². The Hall–Kier alpha value is 0.640. The maximum Gasteiger partial charge on any atom is 0.317 e. The van der Waals surface area contributed by atoms with Gasteiger partial charge in [0.25, 0.3) is 0 Å². The average Bonchev–Trinajstić information content (AvgIpc) is 1.83. The quantitative estimate of drug-likeness (QED) is 0.672. The molecule has 0 radical (unpaired) electrons. The third kappa shape index (κ3) is 2.55. The van der Waals surface area contributed by atoms with Gasteiger partial charge in [0.05, 0.1) is 7.11 Å². The van der Waals surface area contributed by atoms with Crippen LogP contribution >= 0.6 is 23.2 Å². The summed E-state index contributed by atoms with van der Waals surface area (Å²) in [6.07, 6.45) is 0.768. The average molecular weight is 241 g/mol. The summed E-state index contributed by atoms with van der Waals surface area (Å²) in [4.78, 5) is 0. The molecule has 0 aliphatic rings. The van der Waals surface area contributed by atoms with Gasteiger partial charge in [-0.2, -0.15) is 0 Å². The van der Waals surface area contributed by atoms with Gasteiger partial charge in [-0.1, -0.05) is 23.2 Å². The minimum absolute atomic E-state index is 0.768. The molecule has 0 aliphatic heterocycles. The molecule has 0 aromatic heterocycles. The van der Waals surface area contributed by atoms with Crippen molar-refractivity contribution in [3.8, 4) is 0 Å². The normalized spacial score (nSPS) is 16.4. The van der Waals surface area contributed by atoms with E-state index >= 15 is 0 Å². The topological polar surface area (TPSA) is 60.4 Å². The lowest BCUT2D eigenvalue weighted by Crippen LogP contribution is -2.30. The summed E-state index contributed by atoms with van der Waals surface area (Å²) < 4.78 is 33.9. The summed E-state index contributed by atoms with van der Waals surface area (Å²) in [7, 11) is -2.77. The van der Waals surface area contributed by atoms with E-state index < -0.39 is 23.9 Å². The summed E-state index contributed by atoms with van der Waals surface area (Å²) in [6, 6.07) is 0. The molecular weight excluding hydrogens is 235 g/mol. The van der Waals surface area contributed by atoms with Crippen molar-refractivity contribution in [2.75, 3.05) is 13.4 Å². The first kappa shape index (κ1) is 11.6. The van der Waals surface area contributed by atoms with E-state index in [1.165, 1.54) is 0 Å². The molecule has 0 spiro atoms. The van der Waals surface area contributed by atoms with Crippen LogP contribution in [-0.4, -0.2) is 29.0 Å². The zero-order chi connectivity index (χ0) is 9.28. The van der Waals surface area contributed by atoms with Gasteiger partial charge in [-0.15, -0.1) is 0 Å². The molecule has 0 rings (SSSR count). The first-order valence-electron chi connectivity index (χ1n) is 2.27. The minimum Gasteiger partial charge on any atom is -0.291 e. The van der Waals surface area contributed by atoms with Crippen LogP contribution in [0.4, 0.5) is 0 Å². The highest BCUT2D eigenvalue weighted by Crippen LogP contribution is 2.31. The molecule has 0 heterocycles. The molecule has 11 heavy (non-hydrogen) atoms. The Balaban J connectivity index is 4.90. The highest BCUT2D eigenvalue weighted by molar-refractivity contribution is 8.09. The molecule has 0 amide bonds. The molecule has 0 bridgehead atoms. The molecule has 0 saturated heterocycles. The molecule has 68 valence electrons. The molecule has 4 nitrogen and oxygen atoms in total. The SMILES string of the molecule is COS(=O)C(Cl)(Cl)S(C)(=O)=O. The Morgan fingerprint density at radius 1 is 1.45 bits per heavy atom. The highest BCUT2D eigenvalue weighted by atomic mass is 35.5. The molecule has 0 aromatic carbocycles. The van der Waals surface area contributed by atoms with Gasteiger partial charge in [0.2, 0.25) is 11.1 Å². The van der Waals surface area contributed by atoms with Gasteiger partial charge in [-0.3, -0.25) is 4.18 Å². The molecule has 1 unspecified atom stereocenters. The van der Waals surface area contributed by atoms with Crippen molar-refractivity contribution >= 4 is 44.1 Å². The lowest BCUT2D eigenvalue weighted by atomic mass is 11.8. The largest absolute Gasteiger partial charge is 0.317 e. The van der Waals surface area contributed by atoms with Crippen LogP contribution in [-0.2, 0) is 25.1 Å².